The first-order chi connectivity index (χ1) is 11.8. The van der Waals surface area contributed by atoms with E-state index in [1.54, 1.807) is 12.1 Å². The Labute approximate surface area is 148 Å². The Balaban J connectivity index is 1.92. The van der Waals surface area contributed by atoms with Gasteiger partial charge in [-0.15, -0.1) is 0 Å². The molecular formula is C20H24N2O3. The number of esters is 1. The van der Waals surface area contributed by atoms with E-state index in [2.05, 4.69) is 5.32 Å². The minimum absolute atomic E-state index is 0.172. The van der Waals surface area contributed by atoms with Crippen molar-refractivity contribution < 1.29 is 14.3 Å². The number of para-hydroxylation sites is 1. The molecule has 132 valence electrons. The SMILES string of the molecule is Cc1ccc(C(C)NC(=O)COC(=O)c2cccc(C)c2N)cc1C. The van der Waals surface area contributed by atoms with E-state index in [0.717, 1.165) is 11.1 Å². The van der Waals surface area contributed by atoms with Crippen LogP contribution in [0.1, 0.15) is 45.6 Å². The third-order valence-electron chi connectivity index (χ3n) is 4.29. The summed E-state index contributed by atoms with van der Waals surface area (Å²) in [6.45, 7) is 7.42. The molecule has 0 radical (unpaired) electrons. The van der Waals surface area contributed by atoms with Crippen molar-refractivity contribution in [2.24, 2.45) is 0 Å². The molecule has 2 rings (SSSR count). The van der Waals surface area contributed by atoms with Crippen LogP contribution in [0.2, 0.25) is 0 Å². The van der Waals surface area contributed by atoms with E-state index in [0.29, 0.717) is 5.69 Å². The standard InChI is InChI=1S/C20H24N2O3/c1-12-8-9-16(10-14(12)3)15(4)22-18(23)11-25-20(24)17-7-5-6-13(2)19(17)21/h5-10,15H,11,21H2,1-4H3,(H,22,23). The van der Waals surface area contributed by atoms with E-state index in [4.69, 9.17) is 10.5 Å². The van der Waals surface area contributed by atoms with Crippen LogP contribution in [-0.2, 0) is 9.53 Å². The third-order valence-corrected chi connectivity index (χ3v) is 4.29. The van der Waals surface area contributed by atoms with Crippen molar-refractivity contribution in [2.75, 3.05) is 12.3 Å². The molecule has 0 aliphatic carbocycles. The molecule has 0 bridgehead atoms. The summed E-state index contributed by atoms with van der Waals surface area (Å²) in [6, 6.07) is 11.0. The molecule has 5 nitrogen and oxygen atoms in total. The molecule has 3 N–H and O–H groups in total. The zero-order valence-electron chi connectivity index (χ0n) is 15.1. The largest absolute Gasteiger partial charge is 0.452 e. The van der Waals surface area contributed by atoms with Crippen molar-refractivity contribution in [2.45, 2.75) is 33.7 Å². The molecule has 0 saturated heterocycles. The van der Waals surface area contributed by atoms with Gasteiger partial charge in [-0.1, -0.05) is 30.3 Å². The van der Waals surface area contributed by atoms with Gasteiger partial charge in [0.2, 0.25) is 0 Å². The number of ether oxygens (including phenoxy) is 1. The van der Waals surface area contributed by atoms with Crippen molar-refractivity contribution in [3.63, 3.8) is 0 Å². The highest BCUT2D eigenvalue weighted by Gasteiger charge is 2.16. The van der Waals surface area contributed by atoms with Gasteiger partial charge in [0, 0.05) is 5.69 Å². The number of benzene rings is 2. The van der Waals surface area contributed by atoms with E-state index >= 15 is 0 Å². The van der Waals surface area contributed by atoms with Crippen molar-refractivity contribution in [1.82, 2.24) is 5.32 Å². The number of carbonyl (C=O) groups is 2. The number of aryl methyl sites for hydroxylation is 3. The Hall–Kier alpha value is -2.82. The molecule has 5 heteroatoms. The second-order valence-electron chi connectivity index (χ2n) is 6.25. The summed E-state index contributed by atoms with van der Waals surface area (Å²) in [7, 11) is 0. The van der Waals surface area contributed by atoms with Crippen LogP contribution in [-0.4, -0.2) is 18.5 Å². The van der Waals surface area contributed by atoms with Gasteiger partial charge in [-0.2, -0.15) is 0 Å². The molecule has 0 fully saturated rings. The van der Waals surface area contributed by atoms with Crippen LogP contribution in [0.5, 0.6) is 0 Å². The molecule has 0 heterocycles. The number of nitrogen functional groups attached to an aromatic ring is 1. The van der Waals surface area contributed by atoms with Gasteiger partial charge < -0.3 is 15.8 Å². The Bertz CT molecular complexity index is 800. The number of anilines is 1. The van der Waals surface area contributed by atoms with E-state index < -0.39 is 5.97 Å². The second kappa shape index (κ2) is 7.83. The second-order valence-corrected chi connectivity index (χ2v) is 6.25. The average Bonchev–Trinajstić information content (AvgIpc) is 2.57. The Morgan fingerprint density at radius 1 is 1.08 bits per heavy atom. The van der Waals surface area contributed by atoms with Crippen molar-refractivity contribution >= 4 is 17.6 Å². The van der Waals surface area contributed by atoms with Crippen LogP contribution in [0, 0.1) is 20.8 Å². The minimum atomic E-state index is -0.602. The van der Waals surface area contributed by atoms with Gasteiger partial charge >= 0.3 is 5.97 Å². The minimum Gasteiger partial charge on any atom is -0.452 e. The molecule has 0 saturated carbocycles. The fraction of sp³-hybridized carbons (Fsp3) is 0.300. The number of hydrogen-bond donors (Lipinski definition) is 2. The Morgan fingerprint density at radius 3 is 2.48 bits per heavy atom. The van der Waals surface area contributed by atoms with Crippen molar-refractivity contribution in [3.05, 3.63) is 64.2 Å². The zero-order valence-corrected chi connectivity index (χ0v) is 15.1. The first-order valence-corrected chi connectivity index (χ1v) is 8.18. The number of hydrogen-bond acceptors (Lipinski definition) is 4. The lowest BCUT2D eigenvalue weighted by Gasteiger charge is -2.16. The van der Waals surface area contributed by atoms with E-state index in [1.807, 2.05) is 52.0 Å². The van der Waals surface area contributed by atoms with Crippen LogP contribution >= 0.6 is 0 Å². The molecule has 0 aliphatic heterocycles. The summed E-state index contributed by atoms with van der Waals surface area (Å²) in [5, 5.41) is 2.83. The van der Waals surface area contributed by atoms with Crippen LogP contribution in [0.15, 0.2) is 36.4 Å². The maximum Gasteiger partial charge on any atom is 0.340 e. The molecule has 1 unspecified atom stereocenters. The molecule has 2 aromatic rings. The third kappa shape index (κ3) is 4.59. The average molecular weight is 340 g/mol. The molecule has 0 spiro atoms. The van der Waals surface area contributed by atoms with Gasteiger partial charge in [-0.3, -0.25) is 4.79 Å². The lowest BCUT2D eigenvalue weighted by atomic mass is 10.0. The molecule has 0 aliphatic rings. The van der Waals surface area contributed by atoms with E-state index in [1.165, 1.54) is 11.1 Å². The maximum atomic E-state index is 12.1. The summed E-state index contributed by atoms with van der Waals surface area (Å²) in [4.78, 5) is 24.1. The van der Waals surface area contributed by atoms with Crippen LogP contribution in [0.25, 0.3) is 0 Å². The fourth-order valence-electron chi connectivity index (χ4n) is 2.47. The molecule has 0 aromatic heterocycles. The Morgan fingerprint density at radius 2 is 1.80 bits per heavy atom. The number of nitrogens with two attached hydrogens (primary N) is 1. The smallest absolute Gasteiger partial charge is 0.340 e. The zero-order chi connectivity index (χ0) is 18.6. The lowest BCUT2D eigenvalue weighted by Crippen LogP contribution is -2.31. The molecule has 1 atom stereocenters. The summed E-state index contributed by atoms with van der Waals surface area (Å²) in [6.07, 6.45) is 0. The lowest BCUT2D eigenvalue weighted by molar-refractivity contribution is -0.124. The highest BCUT2D eigenvalue weighted by Crippen LogP contribution is 2.18. The molecule has 1 amide bonds. The predicted octanol–water partition coefficient (Wildman–Crippen LogP) is 3.23. The topological polar surface area (TPSA) is 81.4 Å². The summed E-state index contributed by atoms with van der Waals surface area (Å²) in [5.74, 6) is -0.958. The van der Waals surface area contributed by atoms with Gasteiger partial charge in [0.15, 0.2) is 6.61 Å². The quantitative estimate of drug-likeness (QED) is 0.647. The predicted molar refractivity (Wildman–Crippen MR) is 98.3 cm³/mol. The summed E-state index contributed by atoms with van der Waals surface area (Å²) >= 11 is 0. The maximum absolute atomic E-state index is 12.1. The van der Waals surface area contributed by atoms with Gasteiger partial charge in [-0.05, 0) is 56.0 Å². The Kier molecular flexibility index (Phi) is 5.80. The summed E-state index contributed by atoms with van der Waals surface area (Å²) < 4.78 is 5.07. The highest BCUT2D eigenvalue weighted by molar-refractivity contribution is 5.96. The molecule has 2 aromatic carbocycles. The number of amides is 1. The number of rotatable bonds is 5. The van der Waals surface area contributed by atoms with Crippen molar-refractivity contribution in [3.8, 4) is 0 Å². The van der Waals surface area contributed by atoms with Crippen LogP contribution in [0.3, 0.4) is 0 Å². The van der Waals surface area contributed by atoms with Gasteiger partial charge in [0.1, 0.15) is 0 Å². The molecular weight excluding hydrogens is 316 g/mol. The first kappa shape index (κ1) is 18.5. The van der Waals surface area contributed by atoms with Crippen molar-refractivity contribution in [1.29, 1.82) is 0 Å². The monoisotopic (exact) mass is 340 g/mol. The fourth-order valence-corrected chi connectivity index (χ4v) is 2.47. The van der Waals surface area contributed by atoms with E-state index in [-0.39, 0.29) is 24.1 Å². The first-order valence-electron chi connectivity index (χ1n) is 8.18. The van der Waals surface area contributed by atoms with Gasteiger partial charge in [0.25, 0.3) is 5.91 Å². The number of nitrogens with one attached hydrogen (secondary N) is 1. The highest BCUT2D eigenvalue weighted by atomic mass is 16.5. The van der Waals surface area contributed by atoms with E-state index in [9.17, 15) is 9.59 Å². The summed E-state index contributed by atoms with van der Waals surface area (Å²) in [5.41, 5.74) is 10.7. The normalized spacial score (nSPS) is 11.7. The van der Waals surface area contributed by atoms with Crippen LogP contribution < -0.4 is 11.1 Å². The molecule has 25 heavy (non-hydrogen) atoms. The van der Waals surface area contributed by atoms with Crippen LogP contribution in [0.4, 0.5) is 5.69 Å². The van der Waals surface area contributed by atoms with Gasteiger partial charge in [-0.25, -0.2) is 4.79 Å². The van der Waals surface area contributed by atoms with Gasteiger partial charge in [0.05, 0.1) is 11.6 Å². The number of carbonyl (C=O) groups excluding carboxylic acids is 2.